The summed E-state index contributed by atoms with van der Waals surface area (Å²) in [6.07, 6.45) is 2.56. The van der Waals surface area contributed by atoms with E-state index >= 15 is 0 Å². The van der Waals surface area contributed by atoms with Gasteiger partial charge in [-0.2, -0.15) is 5.10 Å². The molecule has 0 radical (unpaired) electrons. The van der Waals surface area contributed by atoms with E-state index < -0.39 is 0 Å². The monoisotopic (exact) mass is 265 g/mol. The van der Waals surface area contributed by atoms with Crippen LogP contribution < -0.4 is 0 Å². The topological polar surface area (TPSA) is 56.1 Å². The summed E-state index contributed by atoms with van der Waals surface area (Å²) in [5.41, 5.74) is 0.241. The summed E-state index contributed by atoms with van der Waals surface area (Å²) >= 11 is 0. The number of hydrazone groups is 1. The summed E-state index contributed by atoms with van der Waals surface area (Å²) in [5.74, 6) is 0.172. The van der Waals surface area contributed by atoms with E-state index in [1.54, 1.807) is 0 Å². The molecule has 106 valence electrons. The number of likely N-dealkylation sites (N-methyl/N-ethyl adjacent to an activating group) is 1. The van der Waals surface area contributed by atoms with Gasteiger partial charge in [0.05, 0.1) is 11.8 Å². The van der Waals surface area contributed by atoms with Gasteiger partial charge >= 0.3 is 0 Å². The van der Waals surface area contributed by atoms with Crippen LogP contribution in [0.4, 0.5) is 0 Å². The number of hydrogen-bond acceptors (Lipinski definition) is 5. The van der Waals surface area contributed by atoms with Crippen molar-refractivity contribution in [2.45, 2.75) is 26.7 Å². The Labute approximate surface area is 114 Å². The molecule has 0 spiro atoms. The van der Waals surface area contributed by atoms with Crippen molar-refractivity contribution in [3.8, 4) is 0 Å². The quantitative estimate of drug-likeness (QED) is 0.767. The standard InChI is InChI=1S/C14H23N3O2/c1-14(2)8-12(18)11(13(19)9-14)10-15-17-6-4-16(3)5-7-17/h10,18H,4-9H2,1-3H3/b15-10+. The van der Waals surface area contributed by atoms with Crippen molar-refractivity contribution in [1.82, 2.24) is 9.91 Å². The van der Waals surface area contributed by atoms with Gasteiger partial charge in [0.25, 0.3) is 0 Å². The number of aliphatic hydroxyl groups excluding tert-OH is 1. The number of nitrogens with zero attached hydrogens (tertiary/aromatic N) is 3. The van der Waals surface area contributed by atoms with E-state index in [2.05, 4.69) is 17.0 Å². The van der Waals surface area contributed by atoms with Crippen LogP contribution in [-0.2, 0) is 4.79 Å². The summed E-state index contributed by atoms with van der Waals surface area (Å²) in [6, 6.07) is 0. The van der Waals surface area contributed by atoms with Crippen LogP contribution in [-0.4, -0.2) is 60.2 Å². The lowest BCUT2D eigenvalue weighted by Crippen LogP contribution is -2.42. The van der Waals surface area contributed by atoms with E-state index in [-0.39, 0.29) is 17.0 Å². The Morgan fingerprint density at radius 3 is 2.42 bits per heavy atom. The average Bonchev–Trinajstić information content (AvgIpc) is 2.29. The van der Waals surface area contributed by atoms with Gasteiger partial charge < -0.3 is 10.0 Å². The van der Waals surface area contributed by atoms with E-state index in [0.29, 0.717) is 18.4 Å². The van der Waals surface area contributed by atoms with Gasteiger partial charge in [-0.1, -0.05) is 13.8 Å². The summed E-state index contributed by atoms with van der Waals surface area (Å²) in [4.78, 5) is 14.3. The van der Waals surface area contributed by atoms with Crippen molar-refractivity contribution in [2.24, 2.45) is 10.5 Å². The van der Waals surface area contributed by atoms with Crippen molar-refractivity contribution in [1.29, 1.82) is 0 Å². The number of Topliss-reactive ketones (excluding diaryl/α,β-unsaturated/α-hetero) is 1. The summed E-state index contributed by atoms with van der Waals surface area (Å²) < 4.78 is 0. The molecule has 1 aliphatic carbocycles. The number of rotatable bonds is 2. The SMILES string of the molecule is CN1CCN(/N=C/C2=C(O)CC(C)(C)CC2=O)CC1. The molecule has 0 aromatic rings. The fraction of sp³-hybridized carbons (Fsp3) is 0.714. The zero-order chi connectivity index (χ0) is 14.0. The third-order valence-corrected chi connectivity index (χ3v) is 3.73. The Balaban J connectivity index is 2.04. The number of piperazine rings is 1. The van der Waals surface area contributed by atoms with Crippen molar-refractivity contribution >= 4 is 12.0 Å². The highest BCUT2D eigenvalue weighted by atomic mass is 16.3. The lowest BCUT2D eigenvalue weighted by atomic mass is 9.77. The van der Waals surface area contributed by atoms with Gasteiger partial charge in [-0.3, -0.25) is 9.80 Å². The molecule has 19 heavy (non-hydrogen) atoms. The molecule has 0 aromatic heterocycles. The molecular weight excluding hydrogens is 242 g/mol. The first-order valence-electron chi connectivity index (χ1n) is 6.80. The number of aliphatic hydroxyl groups is 1. The predicted molar refractivity (Wildman–Crippen MR) is 75.2 cm³/mol. The largest absolute Gasteiger partial charge is 0.511 e. The maximum atomic E-state index is 12.0. The molecule has 0 atom stereocenters. The number of ketones is 1. The Morgan fingerprint density at radius 1 is 1.21 bits per heavy atom. The molecule has 2 rings (SSSR count). The smallest absolute Gasteiger partial charge is 0.168 e. The maximum Gasteiger partial charge on any atom is 0.168 e. The van der Waals surface area contributed by atoms with Crippen LogP contribution >= 0.6 is 0 Å². The minimum Gasteiger partial charge on any atom is -0.511 e. The zero-order valence-corrected chi connectivity index (χ0v) is 12.0. The summed E-state index contributed by atoms with van der Waals surface area (Å²) in [6.45, 7) is 7.67. The molecule has 1 heterocycles. The molecule has 0 bridgehead atoms. The van der Waals surface area contributed by atoms with E-state index in [1.807, 2.05) is 18.9 Å². The number of allylic oxidation sites excluding steroid dienone is 2. The molecular formula is C14H23N3O2. The molecule has 0 unspecified atom stereocenters. The second-order valence-corrected chi connectivity index (χ2v) is 6.30. The molecule has 1 N–H and O–H groups in total. The molecule has 0 amide bonds. The molecule has 5 heteroatoms. The minimum absolute atomic E-state index is 0.00775. The van der Waals surface area contributed by atoms with Crippen LogP contribution in [0, 0.1) is 5.41 Å². The first-order chi connectivity index (χ1) is 8.87. The van der Waals surface area contributed by atoms with Crippen LogP contribution in [0.15, 0.2) is 16.4 Å². The first kappa shape index (κ1) is 14.1. The van der Waals surface area contributed by atoms with Gasteiger partial charge in [-0.05, 0) is 12.5 Å². The van der Waals surface area contributed by atoms with Crippen LogP contribution in [0.1, 0.15) is 26.7 Å². The molecule has 0 saturated carbocycles. The van der Waals surface area contributed by atoms with Gasteiger partial charge in [0.1, 0.15) is 5.76 Å². The molecule has 1 fully saturated rings. The fourth-order valence-electron chi connectivity index (χ4n) is 2.50. The van der Waals surface area contributed by atoms with E-state index in [9.17, 15) is 9.90 Å². The number of hydrogen-bond donors (Lipinski definition) is 1. The Hall–Kier alpha value is -1.36. The zero-order valence-electron chi connectivity index (χ0n) is 12.0. The van der Waals surface area contributed by atoms with E-state index in [1.165, 1.54) is 6.21 Å². The van der Waals surface area contributed by atoms with Crippen molar-refractivity contribution in [2.75, 3.05) is 33.2 Å². The van der Waals surface area contributed by atoms with Crippen LogP contribution in [0.2, 0.25) is 0 Å². The molecule has 5 nitrogen and oxygen atoms in total. The molecule has 2 aliphatic rings. The fourth-order valence-corrected chi connectivity index (χ4v) is 2.50. The van der Waals surface area contributed by atoms with Gasteiger partial charge in [0.2, 0.25) is 0 Å². The normalized spacial score (nSPS) is 25.4. The lowest BCUT2D eigenvalue weighted by molar-refractivity contribution is -0.117. The van der Waals surface area contributed by atoms with Crippen molar-refractivity contribution < 1.29 is 9.90 Å². The van der Waals surface area contributed by atoms with Crippen molar-refractivity contribution in [3.05, 3.63) is 11.3 Å². The minimum atomic E-state index is -0.146. The highest BCUT2D eigenvalue weighted by molar-refractivity contribution is 6.14. The lowest BCUT2D eigenvalue weighted by Gasteiger charge is -2.31. The Kier molecular flexibility index (Phi) is 3.94. The van der Waals surface area contributed by atoms with E-state index in [4.69, 9.17) is 0 Å². The highest BCUT2D eigenvalue weighted by Gasteiger charge is 2.32. The third kappa shape index (κ3) is 3.56. The Bertz CT molecular complexity index is 418. The van der Waals surface area contributed by atoms with E-state index in [0.717, 1.165) is 26.2 Å². The van der Waals surface area contributed by atoms with Crippen LogP contribution in [0.3, 0.4) is 0 Å². The van der Waals surface area contributed by atoms with Crippen LogP contribution in [0.25, 0.3) is 0 Å². The molecule has 0 aromatic carbocycles. The predicted octanol–water partition coefficient (Wildman–Crippen LogP) is 1.42. The number of carbonyl (C=O) groups is 1. The van der Waals surface area contributed by atoms with Crippen LogP contribution in [0.5, 0.6) is 0 Å². The van der Waals surface area contributed by atoms with Gasteiger partial charge in [-0.25, -0.2) is 0 Å². The van der Waals surface area contributed by atoms with Gasteiger partial charge in [0.15, 0.2) is 5.78 Å². The second kappa shape index (κ2) is 5.33. The Morgan fingerprint density at radius 2 is 1.84 bits per heavy atom. The number of carbonyl (C=O) groups excluding carboxylic acids is 1. The van der Waals surface area contributed by atoms with Gasteiger partial charge in [-0.15, -0.1) is 0 Å². The molecule has 1 aliphatic heterocycles. The average molecular weight is 265 g/mol. The van der Waals surface area contributed by atoms with Crippen molar-refractivity contribution in [3.63, 3.8) is 0 Å². The third-order valence-electron chi connectivity index (χ3n) is 3.73. The molecule has 1 saturated heterocycles. The second-order valence-electron chi connectivity index (χ2n) is 6.30. The summed E-state index contributed by atoms with van der Waals surface area (Å²) in [7, 11) is 2.09. The first-order valence-corrected chi connectivity index (χ1v) is 6.80. The highest BCUT2D eigenvalue weighted by Crippen LogP contribution is 2.35. The maximum absolute atomic E-state index is 12.0. The summed E-state index contributed by atoms with van der Waals surface area (Å²) in [5, 5.41) is 16.3. The van der Waals surface area contributed by atoms with Gasteiger partial charge in [0, 0.05) is 39.0 Å².